The Balaban J connectivity index is 1.86. The predicted molar refractivity (Wildman–Crippen MR) is 85.2 cm³/mol. The van der Waals surface area contributed by atoms with Gasteiger partial charge in [0, 0.05) is 24.2 Å². The topological polar surface area (TPSA) is 52.0 Å². The summed E-state index contributed by atoms with van der Waals surface area (Å²) in [5.74, 6) is 0. The monoisotopic (exact) mass is 280 g/mol. The maximum atomic E-state index is 9.33. The summed E-state index contributed by atoms with van der Waals surface area (Å²) in [5.41, 5.74) is 2.45. The van der Waals surface area contributed by atoms with Gasteiger partial charge < -0.3 is 10.2 Å². The van der Waals surface area contributed by atoms with Crippen molar-refractivity contribution < 1.29 is 0 Å². The van der Waals surface area contributed by atoms with Crippen LogP contribution >= 0.6 is 0 Å². The minimum absolute atomic E-state index is 0.306. The van der Waals surface area contributed by atoms with E-state index in [4.69, 9.17) is 0 Å². The van der Waals surface area contributed by atoms with Crippen molar-refractivity contribution in [2.24, 2.45) is 0 Å². The highest BCUT2D eigenvalue weighted by Crippen LogP contribution is 2.26. The molecular weight excluding hydrogens is 260 g/mol. The second-order valence-electron chi connectivity index (χ2n) is 5.73. The minimum atomic E-state index is 0.306. The van der Waals surface area contributed by atoms with E-state index in [2.05, 4.69) is 28.2 Å². The molecule has 0 bridgehead atoms. The van der Waals surface area contributed by atoms with Crippen molar-refractivity contribution in [1.29, 1.82) is 5.26 Å². The molecule has 2 heterocycles. The maximum absolute atomic E-state index is 9.33. The number of anilines is 1. The molecule has 0 radical (unpaired) electrons. The first-order chi connectivity index (χ1) is 10.3. The van der Waals surface area contributed by atoms with E-state index in [1.54, 1.807) is 6.20 Å². The molecule has 1 aliphatic rings. The Hall–Kier alpha value is -2.12. The second-order valence-corrected chi connectivity index (χ2v) is 5.73. The Morgan fingerprint density at radius 2 is 2.10 bits per heavy atom. The van der Waals surface area contributed by atoms with Crippen molar-refractivity contribution in [3.05, 3.63) is 36.0 Å². The number of nitrogens with one attached hydrogen (secondary N) is 1. The van der Waals surface area contributed by atoms with Crippen molar-refractivity contribution in [3.8, 4) is 6.07 Å². The first-order valence-corrected chi connectivity index (χ1v) is 7.54. The molecule has 0 spiro atoms. The van der Waals surface area contributed by atoms with Crippen LogP contribution in [0.5, 0.6) is 0 Å². The van der Waals surface area contributed by atoms with Gasteiger partial charge in [0.1, 0.15) is 6.07 Å². The lowest BCUT2D eigenvalue weighted by molar-refractivity contribution is 0.328. The van der Waals surface area contributed by atoms with E-state index in [-0.39, 0.29) is 0 Å². The van der Waals surface area contributed by atoms with E-state index < -0.39 is 0 Å². The van der Waals surface area contributed by atoms with Crippen LogP contribution < -0.4 is 5.32 Å². The van der Waals surface area contributed by atoms with Gasteiger partial charge in [-0.2, -0.15) is 5.26 Å². The van der Waals surface area contributed by atoms with E-state index >= 15 is 0 Å². The van der Waals surface area contributed by atoms with Crippen molar-refractivity contribution in [1.82, 2.24) is 9.88 Å². The van der Waals surface area contributed by atoms with E-state index in [9.17, 15) is 5.26 Å². The minimum Gasteiger partial charge on any atom is -0.380 e. The Morgan fingerprint density at radius 1 is 1.33 bits per heavy atom. The Bertz CT molecular complexity index is 668. The van der Waals surface area contributed by atoms with Crippen LogP contribution in [0.1, 0.15) is 25.3 Å². The number of likely N-dealkylation sites (tertiary alicyclic amines) is 1. The highest BCUT2D eigenvalue weighted by atomic mass is 15.2. The molecule has 0 saturated carbocycles. The van der Waals surface area contributed by atoms with Crippen molar-refractivity contribution in [3.63, 3.8) is 0 Å². The average molecular weight is 280 g/mol. The lowest BCUT2D eigenvalue weighted by atomic mass is 10.1. The molecule has 1 aromatic heterocycles. The SMILES string of the molecule is CC(CN1CCCC1)Nc1c(C#N)cnc2ccccc12. The third kappa shape index (κ3) is 2.98. The van der Waals surface area contributed by atoms with E-state index in [1.165, 1.54) is 25.9 Å². The standard InChI is InChI=1S/C17H20N4/c1-13(12-21-8-4-5-9-21)20-17-14(10-18)11-19-16-7-3-2-6-15(16)17/h2-3,6-7,11,13H,4-5,8-9,12H2,1H3,(H,19,20). The Morgan fingerprint density at radius 3 is 2.86 bits per heavy atom. The number of hydrogen-bond acceptors (Lipinski definition) is 4. The number of para-hydroxylation sites is 1. The summed E-state index contributed by atoms with van der Waals surface area (Å²) in [6, 6.07) is 10.5. The molecule has 4 heteroatoms. The summed E-state index contributed by atoms with van der Waals surface area (Å²) in [6.07, 6.45) is 4.26. The zero-order valence-corrected chi connectivity index (χ0v) is 12.3. The van der Waals surface area contributed by atoms with Gasteiger partial charge in [0.25, 0.3) is 0 Å². The van der Waals surface area contributed by atoms with Gasteiger partial charge in [-0.25, -0.2) is 0 Å². The first kappa shape index (κ1) is 13.8. The van der Waals surface area contributed by atoms with Crippen LogP contribution in [0.2, 0.25) is 0 Å². The third-order valence-electron chi connectivity index (χ3n) is 4.02. The van der Waals surface area contributed by atoms with Gasteiger partial charge in [-0.05, 0) is 38.9 Å². The van der Waals surface area contributed by atoms with Crippen molar-refractivity contribution in [2.75, 3.05) is 25.0 Å². The molecule has 1 saturated heterocycles. The largest absolute Gasteiger partial charge is 0.380 e. The molecule has 0 aliphatic carbocycles. The van der Waals surface area contributed by atoms with Gasteiger partial charge in [-0.1, -0.05) is 18.2 Å². The van der Waals surface area contributed by atoms with Crippen LogP contribution in [0, 0.1) is 11.3 Å². The number of hydrogen-bond donors (Lipinski definition) is 1. The number of pyridine rings is 1. The van der Waals surface area contributed by atoms with Crippen LogP contribution in [-0.2, 0) is 0 Å². The number of aromatic nitrogens is 1. The van der Waals surface area contributed by atoms with Crippen LogP contribution in [0.25, 0.3) is 10.9 Å². The van der Waals surface area contributed by atoms with Crippen LogP contribution in [0.4, 0.5) is 5.69 Å². The van der Waals surface area contributed by atoms with Gasteiger partial charge in [0.05, 0.1) is 16.8 Å². The predicted octanol–water partition coefficient (Wildman–Crippen LogP) is 3.00. The number of nitriles is 1. The van der Waals surface area contributed by atoms with Gasteiger partial charge in [0.15, 0.2) is 0 Å². The van der Waals surface area contributed by atoms with Crippen LogP contribution in [0.3, 0.4) is 0 Å². The highest BCUT2D eigenvalue weighted by molar-refractivity contribution is 5.93. The van der Waals surface area contributed by atoms with E-state index in [0.717, 1.165) is 23.1 Å². The lowest BCUT2D eigenvalue weighted by Gasteiger charge is -2.23. The van der Waals surface area contributed by atoms with Gasteiger partial charge in [-0.15, -0.1) is 0 Å². The number of nitrogens with zero attached hydrogens (tertiary/aromatic N) is 3. The molecule has 1 aliphatic heterocycles. The van der Waals surface area contributed by atoms with E-state index in [0.29, 0.717) is 11.6 Å². The quantitative estimate of drug-likeness (QED) is 0.935. The summed E-state index contributed by atoms with van der Waals surface area (Å²) < 4.78 is 0. The fraction of sp³-hybridized carbons (Fsp3) is 0.412. The molecule has 1 fully saturated rings. The third-order valence-corrected chi connectivity index (χ3v) is 4.02. The maximum Gasteiger partial charge on any atom is 0.103 e. The Labute approximate surface area is 125 Å². The van der Waals surface area contributed by atoms with Crippen molar-refractivity contribution in [2.45, 2.75) is 25.8 Å². The summed E-state index contributed by atoms with van der Waals surface area (Å²) in [4.78, 5) is 6.83. The molecule has 2 aromatic rings. The molecular formula is C17H20N4. The molecule has 1 aromatic carbocycles. The average Bonchev–Trinajstić information content (AvgIpc) is 3.00. The summed E-state index contributed by atoms with van der Waals surface area (Å²) in [7, 11) is 0. The van der Waals surface area contributed by atoms with Gasteiger partial charge in [0.2, 0.25) is 0 Å². The summed E-state index contributed by atoms with van der Waals surface area (Å²) in [5, 5.41) is 13.9. The smallest absolute Gasteiger partial charge is 0.103 e. The zero-order chi connectivity index (χ0) is 14.7. The second kappa shape index (κ2) is 6.11. The normalized spacial score (nSPS) is 16.8. The molecule has 3 rings (SSSR count). The van der Waals surface area contributed by atoms with Crippen LogP contribution in [0.15, 0.2) is 30.5 Å². The fourth-order valence-electron chi connectivity index (χ4n) is 3.03. The fourth-order valence-corrected chi connectivity index (χ4v) is 3.03. The summed E-state index contributed by atoms with van der Waals surface area (Å²) >= 11 is 0. The van der Waals surface area contributed by atoms with Gasteiger partial charge >= 0.3 is 0 Å². The molecule has 108 valence electrons. The van der Waals surface area contributed by atoms with E-state index in [1.807, 2.05) is 24.3 Å². The van der Waals surface area contributed by atoms with Gasteiger partial charge in [-0.3, -0.25) is 4.98 Å². The van der Waals surface area contributed by atoms with Crippen molar-refractivity contribution >= 4 is 16.6 Å². The molecule has 21 heavy (non-hydrogen) atoms. The molecule has 0 amide bonds. The Kier molecular flexibility index (Phi) is 4.03. The number of fused-ring (bicyclic) bond motifs is 1. The zero-order valence-electron chi connectivity index (χ0n) is 12.3. The number of rotatable bonds is 4. The molecule has 1 unspecified atom stereocenters. The molecule has 1 N–H and O–H groups in total. The molecule has 1 atom stereocenters. The number of benzene rings is 1. The summed E-state index contributed by atoms with van der Waals surface area (Å²) in [6.45, 7) is 5.57. The molecule has 4 nitrogen and oxygen atoms in total. The van der Waals surface area contributed by atoms with Crippen LogP contribution in [-0.4, -0.2) is 35.6 Å². The highest BCUT2D eigenvalue weighted by Gasteiger charge is 2.16. The lowest BCUT2D eigenvalue weighted by Crippen LogP contribution is -2.33. The first-order valence-electron chi connectivity index (χ1n) is 7.54.